The number of benzene rings is 1. The Hall–Kier alpha value is 0.810. The Kier molecular flexibility index (Phi) is 2.86. The van der Waals surface area contributed by atoms with E-state index in [0.29, 0.717) is 0 Å². The van der Waals surface area contributed by atoms with Gasteiger partial charge in [0.15, 0.2) is 0 Å². The minimum atomic E-state index is -1.64. The fourth-order valence-electron chi connectivity index (χ4n) is 1.76. The zero-order valence-corrected chi connectivity index (χ0v) is 14.4. The summed E-state index contributed by atoms with van der Waals surface area (Å²) in [6.45, 7) is 0. The van der Waals surface area contributed by atoms with Gasteiger partial charge in [-0.2, -0.15) is 0 Å². The molecule has 2 heterocycles. The molecule has 1 aromatic heterocycles. The summed E-state index contributed by atoms with van der Waals surface area (Å²) in [5.74, 6) is 0. The van der Waals surface area contributed by atoms with Gasteiger partial charge in [0.1, 0.15) is 0 Å². The molecule has 5 heteroatoms. The van der Waals surface area contributed by atoms with Crippen molar-refractivity contribution >= 4 is 58.7 Å². The SMILES string of the molecule is I[Te]1(I)Cc2nc3ccccc3nc2C1. The van der Waals surface area contributed by atoms with Crippen molar-refractivity contribution < 1.29 is 0 Å². The fraction of sp³-hybridized carbons (Fsp3) is 0.200. The number of fused-ring (bicyclic) bond motifs is 2. The molecule has 0 bridgehead atoms. The third-order valence-corrected chi connectivity index (χ3v) is 14.7. The van der Waals surface area contributed by atoms with Gasteiger partial charge in [0.05, 0.1) is 0 Å². The summed E-state index contributed by atoms with van der Waals surface area (Å²) in [4.78, 5) is 9.45. The summed E-state index contributed by atoms with van der Waals surface area (Å²) in [5, 5.41) is 0. The first kappa shape index (κ1) is 10.9. The molecule has 1 aromatic carbocycles. The number of aromatic nitrogens is 2. The Balaban J connectivity index is 2.23. The van der Waals surface area contributed by atoms with Gasteiger partial charge in [-0.25, -0.2) is 0 Å². The quantitative estimate of drug-likeness (QED) is 0.382. The Morgan fingerprint density at radius 2 is 1.40 bits per heavy atom. The number of rotatable bonds is 0. The number of para-hydroxylation sites is 2. The van der Waals surface area contributed by atoms with Crippen LogP contribution in [0.5, 0.6) is 0 Å². The number of hydrogen-bond donors (Lipinski definition) is 0. The van der Waals surface area contributed by atoms with Gasteiger partial charge in [-0.15, -0.1) is 0 Å². The van der Waals surface area contributed by atoms with Crippen molar-refractivity contribution in [3.63, 3.8) is 0 Å². The van der Waals surface area contributed by atoms with E-state index >= 15 is 0 Å². The third-order valence-electron chi connectivity index (χ3n) is 2.42. The Morgan fingerprint density at radius 1 is 0.933 bits per heavy atom. The molecule has 15 heavy (non-hydrogen) atoms. The van der Waals surface area contributed by atoms with Gasteiger partial charge in [0, 0.05) is 0 Å². The van der Waals surface area contributed by atoms with Crippen LogP contribution in [0.25, 0.3) is 11.0 Å². The average molecular weight is 538 g/mol. The van der Waals surface area contributed by atoms with Crippen LogP contribution < -0.4 is 0 Å². The van der Waals surface area contributed by atoms with Crippen molar-refractivity contribution in [2.45, 2.75) is 8.94 Å². The van der Waals surface area contributed by atoms with E-state index in [1.54, 1.807) is 0 Å². The second kappa shape index (κ2) is 3.93. The first-order valence-electron chi connectivity index (χ1n) is 4.56. The van der Waals surface area contributed by atoms with Gasteiger partial charge in [0.25, 0.3) is 0 Å². The van der Waals surface area contributed by atoms with E-state index in [0.717, 1.165) is 11.0 Å². The maximum absolute atomic E-state index is 4.73. The molecule has 0 atom stereocenters. The zero-order valence-electron chi connectivity index (χ0n) is 7.78. The summed E-state index contributed by atoms with van der Waals surface area (Å²) >= 11 is 5.37. The van der Waals surface area contributed by atoms with Crippen LogP contribution in [-0.2, 0) is 8.94 Å². The Morgan fingerprint density at radius 3 is 1.87 bits per heavy atom. The van der Waals surface area contributed by atoms with Crippen molar-refractivity contribution in [1.29, 1.82) is 0 Å². The van der Waals surface area contributed by atoms with Crippen LogP contribution in [0.15, 0.2) is 24.3 Å². The van der Waals surface area contributed by atoms with E-state index in [4.69, 9.17) is 9.97 Å². The maximum atomic E-state index is 4.73. The van der Waals surface area contributed by atoms with E-state index in [1.165, 1.54) is 20.3 Å². The Labute approximate surface area is 112 Å². The average Bonchev–Trinajstić information content (AvgIpc) is 2.46. The molecule has 2 nitrogen and oxygen atoms in total. The van der Waals surface area contributed by atoms with E-state index in [2.05, 4.69) is 49.5 Å². The van der Waals surface area contributed by atoms with Crippen LogP contribution in [0, 0.1) is 0 Å². The van der Waals surface area contributed by atoms with Crippen LogP contribution in [0.4, 0.5) is 0 Å². The van der Waals surface area contributed by atoms with Crippen molar-refractivity contribution in [3.8, 4) is 0 Å². The molecule has 0 saturated heterocycles. The van der Waals surface area contributed by atoms with Crippen LogP contribution in [0.2, 0.25) is 0 Å². The molecule has 0 N–H and O–H groups in total. The Bertz CT molecular complexity index is 495. The van der Waals surface area contributed by atoms with Gasteiger partial charge >= 0.3 is 113 Å². The van der Waals surface area contributed by atoms with Crippen LogP contribution in [0.1, 0.15) is 11.4 Å². The monoisotopic (exact) mass is 540 g/mol. The van der Waals surface area contributed by atoms with Gasteiger partial charge in [-0.1, -0.05) is 0 Å². The molecule has 0 radical (unpaired) electrons. The normalized spacial score (nSPS) is 20.1. The van der Waals surface area contributed by atoms with E-state index in [9.17, 15) is 0 Å². The minimum absolute atomic E-state index is 1.05. The van der Waals surface area contributed by atoms with Gasteiger partial charge in [-0.05, 0) is 0 Å². The summed E-state index contributed by atoms with van der Waals surface area (Å²) in [5.41, 5.74) is 4.62. The first-order valence-corrected chi connectivity index (χ1v) is 21.4. The van der Waals surface area contributed by atoms with Gasteiger partial charge in [-0.3, -0.25) is 0 Å². The molecule has 0 unspecified atom stereocenters. The molecular formula is C10H8I2N2Te. The molecule has 78 valence electrons. The molecule has 1 aliphatic rings. The molecule has 0 aliphatic carbocycles. The van der Waals surface area contributed by atoms with Crippen LogP contribution in [0.3, 0.4) is 0 Å². The fourth-order valence-corrected chi connectivity index (χ4v) is 13.6. The summed E-state index contributed by atoms with van der Waals surface area (Å²) in [6, 6.07) is 8.16. The van der Waals surface area contributed by atoms with Gasteiger partial charge in [0.2, 0.25) is 0 Å². The van der Waals surface area contributed by atoms with Crippen molar-refractivity contribution in [2.24, 2.45) is 0 Å². The second-order valence-electron chi connectivity index (χ2n) is 3.59. The predicted molar refractivity (Wildman–Crippen MR) is 80.7 cm³/mol. The molecule has 0 saturated carbocycles. The molecule has 1 aliphatic heterocycles. The predicted octanol–water partition coefficient (Wildman–Crippen LogP) is 3.12. The molecule has 0 amide bonds. The molecule has 3 rings (SSSR count). The van der Waals surface area contributed by atoms with Crippen molar-refractivity contribution in [1.82, 2.24) is 9.97 Å². The second-order valence-corrected chi connectivity index (χ2v) is 43.2. The molecule has 0 spiro atoms. The molecular weight excluding hydrogens is 530 g/mol. The molecule has 0 fully saturated rings. The van der Waals surface area contributed by atoms with E-state index in [-0.39, 0.29) is 0 Å². The van der Waals surface area contributed by atoms with Crippen molar-refractivity contribution in [3.05, 3.63) is 35.7 Å². The topological polar surface area (TPSA) is 25.8 Å². The van der Waals surface area contributed by atoms with E-state index in [1.807, 2.05) is 12.1 Å². The van der Waals surface area contributed by atoms with Crippen LogP contribution in [-0.4, -0.2) is 20.3 Å². The third kappa shape index (κ3) is 2.13. The molecule has 2 aromatic rings. The standard InChI is InChI=1S/C10H8I2N2Te/c11-15(12)5-9-10(6-15)14-8-4-2-1-3-7(8)13-9/h1-4H,5-6H2. The first-order chi connectivity index (χ1) is 7.14. The zero-order chi connectivity index (χ0) is 10.5. The van der Waals surface area contributed by atoms with E-state index < -0.39 is 10.3 Å². The van der Waals surface area contributed by atoms with Crippen molar-refractivity contribution in [2.75, 3.05) is 0 Å². The summed E-state index contributed by atoms with van der Waals surface area (Å²) < 4.78 is 2.44. The summed E-state index contributed by atoms with van der Waals surface area (Å²) in [6.07, 6.45) is 0. The number of nitrogens with zero attached hydrogens (tertiary/aromatic N) is 2. The number of halogens is 2. The summed E-state index contributed by atoms with van der Waals surface area (Å²) in [7, 11) is -1.64. The van der Waals surface area contributed by atoms with Gasteiger partial charge < -0.3 is 0 Å². The van der Waals surface area contributed by atoms with Crippen LogP contribution >= 0.6 is 37.4 Å². The number of hydrogen-bond acceptors (Lipinski definition) is 2.